The average molecular weight is 398 g/mol. The number of aromatic nitrogens is 3. The molecule has 0 aliphatic rings. The molecular formula is C24H22N4O2. The fourth-order valence-electron chi connectivity index (χ4n) is 3.42. The fourth-order valence-corrected chi connectivity index (χ4v) is 3.42. The Morgan fingerprint density at radius 3 is 2.40 bits per heavy atom. The van der Waals surface area contributed by atoms with Crippen LogP contribution in [0, 0.1) is 23.2 Å². The minimum atomic E-state index is 0. The van der Waals surface area contributed by atoms with Gasteiger partial charge in [0.1, 0.15) is 12.2 Å². The number of benzene rings is 2. The zero-order chi connectivity index (χ0) is 20.4. The summed E-state index contributed by atoms with van der Waals surface area (Å²) in [6.45, 7) is 1.95. The smallest absolute Gasteiger partial charge is 0.162 e. The second kappa shape index (κ2) is 8.55. The topological polar surface area (TPSA) is 73.0 Å². The van der Waals surface area contributed by atoms with Gasteiger partial charge in [0, 0.05) is 28.0 Å². The predicted molar refractivity (Wildman–Crippen MR) is 118 cm³/mol. The van der Waals surface area contributed by atoms with Crippen LogP contribution < -0.4 is 9.47 Å². The molecule has 0 atom stereocenters. The third-order valence-corrected chi connectivity index (χ3v) is 4.74. The highest BCUT2D eigenvalue weighted by molar-refractivity contribution is 6.12. The number of fused-ring (bicyclic) bond motifs is 3. The van der Waals surface area contributed by atoms with E-state index in [1.807, 2.05) is 43.3 Å². The molecule has 2 aromatic carbocycles. The molecule has 0 radical (unpaired) electrons. The number of pyridine rings is 1. The lowest BCUT2D eigenvalue weighted by Gasteiger charge is -2.10. The molecule has 0 fully saturated rings. The van der Waals surface area contributed by atoms with Gasteiger partial charge in [0.15, 0.2) is 11.5 Å². The van der Waals surface area contributed by atoms with Crippen LogP contribution in [-0.4, -0.2) is 29.0 Å². The molecule has 4 aromatic rings. The number of hydrogen-bond donors (Lipinski definition) is 0. The van der Waals surface area contributed by atoms with E-state index in [4.69, 9.17) is 14.6 Å². The van der Waals surface area contributed by atoms with Gasteiger partial charge in [0.05, 0.1) is 37.5 Å². The van der Waals surface area contributed by atoms with E-state index in [1.165, 1.54) is 0 Å². The Kier molecular flexibility index (Phi) is 5.90. The van der Waals surface area contributed by atoms with Crippen LogP contribution in [-0.2, 0) is 6.54 Å². The Labute approximate surface area is 175 Å². The molecule has 150 valence electrons. The maximum Gasteiger partial charge on any atom is 0.162 e. The Balaban J connectivity index is 0.00000256. The van der Waals surface area contributed by atoms with Gasteiger partial charge in [0.2, 0.25) is 0 Å². The van der Waals surface area contributed by atoms with Gasteiger partial charge in [-0.3, -0.25) is 4.98 Å². The summed E-state index contributed by atoms with van der Waals surface area (Å²) in [5.41, 5.74) is 4.22. The van der Waals surface area contributed by atoms with E-state index in [1.54, 1.807) is 25.1 Å². The lowest BCUT2D eigenvalue weighted by atomic mass is 10.0. The number of nitriles is 1. The van der Waals surface area contributed by atoms with Gasteiger partial charge >= 0.3 is 0 Å². The first-order valence-electron chi connectivity index (χ1n) is 9.01. The fraction of sp³-hybridized carbons (Fsp3) is 0.208. The van der Waals surface area contributed by atoms with Gasteiger partial charge in [-0.25, -0.2) is 4.68 Å². The molecule has 6 heteroatoms. The van der Waals surface area contributed by atoms with Crippen molar-refractivity contribution in [3.63, 3.8) is 0 Å². The van der Waals surface area contributed by atoms with Crippen LogP contribution in [0.15, 0.2) is 42.6 Å². The summed E-state index contributed by atoms with van der Waals surface area (Å²) in [7, 11) is 3.20. The first-order chi connectivity index (χ1) is 14.2. The quantitative estimate of drug-likeness (QED) is 0.462. The van der Waals surface area contributed by atoms with Crippen LogP contribution in [0.2, 0.25) is 0 Å². The van der Waals surface area contributed by atoms with E-state index in [-0.39, 0.29) is 14.0 Å². The van der Waals surface area contributed by atoms with Crippen LogP contribution in [0.25, 0.3) is 33.1 Å². The molecule has 0 unspecified atom stereocenters. The molecule has 0 saturated carbocycles. The maximum absolute atomic E-state index is 9.24. The molecule has 2 heterocycles. The number of ether oxygens (including phenoxy) is 2. The molecule has 4 rings (SSSR count). The zero-order valence-corrected chi connectivity index (χ0v) is 16.4. The molecule has 0 spiro atoms. The van der Waals surface area contributed by atoms with E-state index in [9.17, 15) is 5.26 Å². The van der Waals surface area contributed by atoms with Crippen molar-refractivity contribution in [1.29, 1.82) is 5.26 Å². The van der Waals surface area contributed by atoms with Crippen LogP contribution >= 0.6 is 0 Å². The van der Waals surface area contributed by atoms with E-state index in [0.29, 0.717) is 11.5 Å². The second-order valence-corrected chi connectivity index (χ2v) is 6.36. The van der Waals surface area contributed by atoms with Crippen molar-refractivity contribution >= 4 is 21.8 Å². The van der Waals surface area contributed by atoms with Crippen LogP contribution in [0.4, 0.5) is 0 Å². The van der Waals surface area contributed by atoms with Crippen molar-refractivity contribution in [3.05, 3.63) is 48.2 Å². The highest BCUT2D eigenvalue weighted by atomic mass is 16.5. The Morgan fingerprint density at radius 2 is 1.77 bits per heavy atom. The van der Waals surface area contributed by atoms with Gasteiger partial charge in [-0.15, -0.1) is 5.92 Å². The molecule has 0 N–H and O–H groups in total. The lowest BCUT2D eigenvalue weighted by molar-refractivity contribution is 0.356. The van der Waals surface area contributed by atoms with Gasteiger partial charge in [0.25, 0.3) is 0 Å². The van der Waals surface area contributed by atoms with Crippen molar-refractivity contribution in [2.24, 2.45) is 0 Å². The summed E-state index contributed by atoms with van der Waals surface area (Å²) in [6, 6.07) is 13.8. The third-order valence-electron chi connectivity index (χ3n) is 4.74. The minimum absolute atomic E-state index is 0. The first kappa shape index (κ1) is 20.7. The van der Waals surface area contributed by atoms with Crippen molar-refractivity contribution in [3.8, 4) is 40.7 Å². The summed E-state index contributed by atoms with van der Waals surface area (Å²) in [6.07, 6.45) is 1.74. The summed E-state index contributed by atoms with van der Waals surface area (Å²) in [5.74, 6) is 7.17. The van der Waals surface area contributed by atoms with Gasteiger partial charge in [-0.05, 0) is 25.1 Å². The summed E-state index contributed by atoms with van der Waals surface area (Å²) in [5, 5.41) is 15.8. The highest BCUT2D eigenvalue weighted by Crippen LogP contribution is 2.38. The molecule has 0 aliphatic carbocycles. The summed E-state index contributed by atoms with van der Waals surface area (Å²) >= 11 is 0. The number of rotatable bonds is 4. The monoisotopic (exact) mass is 398 g/mol. The Hall–Kier alpha value is -4.03. The SMILES string of the molecule is C.CC#Cc1ccc(-c2nn(CC#N)c3cnc4cc(OC)c(OC)cc4c23)cc1. The van der Waals surface area contributed by atoms with Gasteiger partial charge < -0.3 is 9.47 Å². The number of hydrogen-bond acceptors (Lipinski definition) is 5. The highest BCUT2D eigenvalue weighted by Gasteiger charge is 2.18. The van der Waals surface area contributed by atoms with Crippen molar-refractivity contribution in [1.82, 2.24) is 14.8 Å². The molecule has 2 aromatic heterocycles. The maximum atomic E-state index is 9.24. The van der Waals surface area contributed by atoms with E-state index < -0.39 is 0 Å². The Bertz CT molecular complexity index is 1320. The molecule has 0 aliphatic heterocycles. The van der Waals surface area contributed by atoms with E-state index in [0.717, 1.165) is 38.6 Å². The van der Waals surface area contributed by atoms with Gasteiger partial charge in [-0.2, -0.15) is 10.4 Å². The summed E-state index contributed by atoms with van der Waals surface area (Å²) in [4.78, 5) is 4.56. The molecule has 0 bridgehead atoms. The molecule has 0 amide bonds. The largest absolute Gasteiger partial charge is 0.493 e. The Morgan fingerprint density at radius 1 is 1.07 bits per heavy atom. The molecule has 0 saturated heterocycles. The lowest BCUT2D eigenvalue weighted by Crippen LogP contribution is -1.98. The molecule has 6 nitrogen and oxygen atoms in total. The zero-order valence-electron chi connectivity index (χ0n) is 16.4. The van der Waals surface area contributed by atoms with Crippen molar-refractivity contribution in [2.75, 3.05) is 14.2 Å². The van der Waals surface area contributed by atoms with E-state index in [2.05, 4.69) is 22.9 Å². The molecular weight excluding hydrogens is 376 g/mol. The van der Waals surface area contributed by atoms with Gasteiger partial charge in [-0.1, -0.05) is 25.5 Å². The molecule has 30 heavy (non-hydrogen) atoms. The van der Waals surface area contributed by atoms with Crippen LogP contribution in [0.1, 0.15) is 19.9 Å². The van der Waals surface area contributed by atoms with Crippen molar-refractivity contribution in [2.45, 2.75) is 20.9 Å². The average Bonchev–Trinajstić information content (AvgIpc) is 3.12. The minimum Gasteiger partial charge on any atom is -0.493 e. The van der Waals surface area contributed by atoms with E-state index >= 15 is 0 Å². The standard InChI is InChI=1S/C23H18N4O2.CH4/c1-4-5-15-6-8-16(9-7-15)23-22-17-12-20(28-2)21(29-3)13-18(17)25-14-19(22)27(26-23)11-10-24;/h6-9,12-14H,11H2,1-3H3;1H4. The third kappa shape index (κ3) is 3.40. The normalized spacial score (nSPS) is 10.1. The first-order valence-corrected chi connectivity index (χ1v) is 9.01. The van der Waals surface area contributed by atoms with Crippen molar-refractivity contribution < 1.29 is 9.47 Å². The number of methoxy groups -OCH3 is 2. The van der Waals surface area contributed by atoms with Crippen LogP contribution in [0.3, 0.4) is 0 Å². The predicted octanol–water partition coefficient (Wildman–Crippen LogP) is 4.80. The number of nitrogens with zero attached hydrogens (tertiary/aromatic N) is 4. The van der Waals surface area contributed by atoms with Crippen LogP contribution in [0.5, 0.6) is 11.5 Å². The summed E-state index contributed by atoms with van der Waals surface area (Å²) < 4.78 is 12.6. The second-order valence-electron chi connectivity index (χ2n) is 6.36.